The van der Waals surface area contributed by atoms with E-state index in [2.05, 4.69) is 30.0 Å². The van der Waals surface area contributed by atoms with Crippen LogP contribution in [0.15, 0.2) is 60.8 Å². The molecule has 3 atom stereocenters. The highest BCUT2D eigenvalue weighted by Gasteiger charge is 2.31. The molecular formula is C34H46F3N6O3S+. The summed E-state index contributed by atoms with van der Waals surface area (Å²) >= 11 is 4.30. The molecule has 0 aliphatic carbocycles. The number of hydrogen-bond acceptors (Lipinski definition) is 8. The van der Waals surface area contributed by atoms with Gasteiger partial charge in [-0.05, 0) is 54.7 Å². The predicted molar refractivity (Wildman–Crippen MR) is 181 cm³/mol. The van der Waals surface area contributed by atoms with Gasteiger partial charge in [0, 0.05) is 43.3 Å². The Bertz CT molecular complexity index is 1480. The maximum absolute atomic E-state index is 13.6. The van der Waals surface area contributed by atoms with Gasteiger partial charge in [-0.2, -0.15) is 25.8 Å². The summed E-state index contributed by atoms with van der Waals surface area (Å²) in [5.74, 6) is -2.04. The SMILES string of the molecule is C[N+](CCN)(CCN)CCC[C@H](N)C(=O)C[C@H](CS)C(=O)N[C@@H](Cc1ccc(C(F)(F)F)cc1)C(=O)Cc1cnc2ccccc2c1. The first kappa shape index (κ1) is 38.1. The number of para-hydroxylation sites is 1. The summed E-state index contributed by atoms with van der Waals surface area (Å²) < 4.78 is 40.1. The number of hydrogen-bond donors (Lipinski definition) is 5. The number of Topliss-reactive ketones (excluding diaryl/α,β-unsaturated/α-hetero) is 2. The third-order valence-corrected chi connectivity index (χ3v) is 8.90. The summed E-state index contributed by atoms with van der Waals surface area (Å²) in [6, 6.07) is 11.9. The van der Waals surface area contributed by atoms with Crippen LogP contribution in [0.1, 0.15) is 36.0 Å². The van der Waals surface area contributed by atoms with Crippen LogP contribution in [-0.4, -0.2) is 84.5 Å². The molecule has 7 N–H and O–H groups in total. The molecule has 1 heterocycles. The fourth-order valence-corrected chi connectivity index (χ4v) is 5.88. The van der Waals surface area contributed by atoms with Crippen LogP contribution in [-0.2, 0) is 33.4 Å². The maximum Gasteiger partial charge on any atom is 0.416 e. The van der Waals surface area contributed by atoms with Gasteiger partial charge >= 0.3 is 6.18 Å². The monoisotopic (exact) mass is 675 g/mol. The van der Waals surface area contributed by atoms with E-state index in [0.29, 0.717) is 41.5 Å². The van der Waals surface area contributed by atoms with Gasteiger partial charge in [-0.1, -0.05) is 30.3 Å². The molecule has 1 amide bonds. The van der Waals surface area contributed by atoms with Crippen LogP contribution in [0.25, 0.3) is 10.9 Å². The van der Waals surface area contributed by atoms with E-state index in [1.54, 1.807) is 6.20 Å². The number of nitrogens with two attached hydrogens (primary N) is 3. The van der Waals surface area contributed by atoms with Crippen LogP contribution in [0.5, 0.6) is 0 Å². The Balaban J connectivity index is 1.71. The van der Waals surface area contributed by atoms with E-state index in [4.69, 9.17) is 17.2 Å². The summed E-state index contributed by atoms with van der Waals surface area (Å²) in [7, 11) is 2.06. The Morgan fingerprint density at radius 3 is 2.23 bits per heavy atom. The van der Waals surface area contributed by atoms with Gasteiger partial charge in [0.2, 0.25) is 5.91 Å². The third-order valence-electron chi connectivity index (χ3n) is 8.45. The molecule has 0 radical (unpaired) electrons. The highest BCUT2D eigenvalue weighted by atomic mass is 32.1. The first-order chi connectivity index (χ1) is 22.3. The number of carbonyl (C=O) groups excluding carboxylic acids is 3. The number of aromatic nitrogens is 1. The van der Waals surface area contributed by atoms with Crippen molar-refractivity contribution in [2.24, 2.45) is 23.1 Å². The second kappa shape index (κ2) is 17.7. The molecule has 0 bridgehead atoms. The number of pyridine rings is 1. The Hall–Kier alpha value is -3.36. The molecule has 0 fully saturated rings. The van der Waals surface area contributed by atoms with Crippen LogP contribution in [0.2, 0.25) is 0 Å². The van der Waals surface area contributed by atoms with Gasteiger partial charge in [0.15, 0.2) is 5.78 Å². The van der Waals surface area contributed by atoms with Crippen molar-refractivity contribution < 1.29 is 32.0 Å². The Kier molecular flexibility index (Phi) is 14.3. The third kappa shape index (κ3) is 11.7. The van der Waals surface area contributed by atoms with Gasteiger partial charge in [-0.15, -0.1) is 0 Å². The van der Waals surface area contributed by atoms with E-state index in [-0.39, 0.29) is 36.6 Å². The second-order valence-corrected chi connectivity index (χ2v) is 12.7. The van der Waals surface area contributed by atoms with Crippen molar-refractivity contribution in [1.82, 2.24) is 10.3 Å². The smallest absolute Gasteiger partial charge is 0.346 e. The lowest BCUT2D eigenvalue weighted by atomic mass is 9.94. The van der Waals surface area contributed by atoms with Gasteiger partial charge in [0.25, 0.3) is 0 Å². The standard InChI is InChI=1S/C34H45F3N6O3S/c1-43(15-12-38,16-13-39)14-4-6-28(40)31(44)20-26(22-47)33(46)42-30(18-23-8-10-27(11-9-23)34(35,36)37)32(45)19-24-17-25-5-2-3-7-29(25)41-21-24/h2-3,5,7-11,17,21,26,28,30H,4,6,12-16,18-20,22,38-40H2,1H3,(H-,42,46,47)/p+1/t26-,28+,30+/m1/s1. The number of ketones is 2. The molecule has 0 unspecified atom stereocenters. The number of halogens is 3. The van der Waals surface area contributed by atoms with Crippen molar-refractivity contribution in [2.45, 2.75) is 50.4 Å². The minimum atomic E-state index is -4.51. The molecule has 0 aliphatic rings. The largest absolute Gasteiger partial charge is 0.416 e. The molecule has 0 saturated heterocycles. The zero-order valence-corrected chi connectivity index (χ0v) is 27.6. The molecular weight excluding hydrogens is 629 g/mol. The van der Waals surface area contributed by atoms with Gasteiger partial charge in [0.1, 0.15) is 5.78 Å². The van der Waals surface area contributed by atoms with Crippen LogP contribution in [0.3, 0.4) is 0 Å². The summed E-state index contributed by atoms with van der Waals surface area (Å²) in [5.41, 5.74) is 18.7. The Morgan fingerprint density at radius 2 is 1.62 bits per heavy atom. The van der Waals surface area contributed by atoms with E-state index < -0.39 is 35.6 Å². The fraction of sp³-hybridized carbons (Fsp3) is 0.471. The zero-order valence-electron chi connectivity index (χ0n) is 26.7. The molecule has 1 aromatic heterocycles. The average molecular weight is 676 g/mol. The van der Waals surface area contributed by atoms with Crippen LogP contribution >= 0.6 is 12.6 Å². The fourth-order valence-electron chi connectivity index (χ4n) is 5.59. The van der Waals surface area contributed by atoms with Crippen molar-refractivity contribution in [3.8, 4) is 0 Å². The molecule has 256 valence electrons. The minimum absolute atomic E-state index is 0.0298. The van der Waals surface area contributed by atoms with Crippen molar-refractivity contribution >= 4 is 41.0 Å². The topological polar surface area (TPSA) is 154 Å². The van der Waals surface area contributed by atoms with Crippen LogP contribution in [0.4, 0.5) is 13.2 Å². The Morgan fingerprint density at radius 1 is 0.957 bits per heavy atom. The first-order valence-electron chi connectivity index (χ1n) is 15.7. The molecule has 0 saturated carbocycles. The lowest BCUT2D eigenvalue weighted by molar-refractivity contribution is -0.907. The number of quaternary nitrogens is 1. The summed E-state index contributed by atoms with van der Waals surface area (Å²) in [5, 5.41) is 3.60. The molecule has 0 spiro atoms. The molecule has 3 rings (SSSR count). The number of thiol groups is 1. The second-order valence-electron chi connectivity index (χ2n) is 12.3. The van der Waals surface area contributed by atoms with Gasteiger partial charge in [-0.25, -0.2) is 0 Å². The molecule has 3 aromatic rings. The van der Waals surface area contributed by atoms with Crippen LogP contribution < -0.4 is 22.5 Å². The van der Waals surface area contributed by atoms with Gasteiger partial charge < -0.3 is 27.0 Å². The van der Waals surface area contributed by atoms with Crippen LogP contribution in [0, 0.1) is 5.92 Å². The van der Waals surface area contributed by atoms with E-state index in [0.717, 1.165) is 42.7 Å². The number of likely N-dealkylation sites (N-methyl/N-ethyl adjacent to an activating group) is 1. The highest BCUT2D eigenvalue weighted by molar-refractivity contribution is 7.80. The van der Waals surface area contributed by atoms with Crippen molar-refractivity contribution in [2.75, 3.05) is 45.5 Å². The van der Waals surface area contributed by atoms with E-state index in [9.17, 15) is 27.6 Å². The molecule has 0 aliphatic heterocycles. The lowest BCUT2D eigenvalue weighted by Gasteiger charge is -2.34. The number of rotatable bonds is 19. The molecule has 9 nitrogen and oxygen atoms in total. The zero-order chi connectivity index (χ0) is 34.6. The minimum Gasteiger partial charge on any atom is -0.346 e. The van der Waals surface area contributed by atoms with Crippen molar-refractivity contribution in [1.29, 1.82) is 0 Å². The Labute approximate surface area is 279 Å². The first-order valence-corrected chi connectivity index (χ1v) is 16.4. The number of fused-ring (bicyclic) bond motifs is 1. The van der Waals surface area contributed by atoms with E-state index in [1.165, 1.54) is 12.1 Å². The normalized spacial score (nSPS) is 14.0. The quantitative estimate of drug-likeness (QED) is 0.0967. The number of nitrogens with zero attached hydrogens (tertiary/aromatic N) is 2. The van der Waals surface area contributed by atoms with E-state index in [1.807, 2.05) is 30.3 Å². The summed E-state index contributed by atoms with van der Waals surface area (Å²) in [6.45, 7) is 3.30. The van der Waals surface area contributed by atoms with Crippen molar-refractivity contribution in [3.63, 3.8) is 0 Å². The summed E-state index contributed by atoms with van der Waals surface area (Å²) in [6.07, 6.45) is -2.09. The molecule has 47 heavy (non-hydrogen) atoms. The van der Waals surface area contributed by atoms with Crippen molar-refractivity contribution in [3.05, 3.63) is 77.5 Å². The lowest BCUT2D eigenvalue weighted by Crippen LogP contribution is -2.51. The highest BCUT2D eigenvalue weighted by Crippen LogP contribution is 2.29. The number of benzene rings is 2. The molecule has 13 heteroatoms. The maximum atomic E-state index is 13.6. The van der Waals surface area contributed by atoms with Gasteiger partial charge in [-0.3, -0.25) is 19.4 Å². The van der Waals surface area contributed by atoms with E-state index >= 15 is 0 Å². The average Bonchev–Trinajstić information content (AvgIpc) is 3.03. The number of alkyl halides is 3. The summed E-state index contributed by atoms with van der Waals surface area (Å²) in [4.78, 5) is 44.5. The van der Waals surface area contributed by atoms with Gasteiger partial charge in [0.05, 0.1) is 55.8 Å². The molecule has 2 aromatic carbocycles. The number of carbonyl (C=O) groups is 3. The number of nitrogens with one attached hydrogen (secondary N) is 1. The number of amides is 1. The predicted octanol–water partition coefficient (Wildman–Crippen LogP) is 3.07.